The number of nitrogens with zero attached hydrogens (tertiary/aromatic N) is 2. The SMILES string of the molecule is CC(OC(=O)c1cc(-c2cccnc2)nc2ccccc12)C(=O)Nc1ccccc1Cl. The largest absolute Gasteiger partial charge is 0.449 e. The predicted molar refractivity (Wildman–Crippen MR) is 120 cm³/mol. The Balaban J connectivity index is 1.61. The minimum atomic E-state index is -1.03. The molecule has 0 saturated carbocycles. The second-order valence-corrected chi connectivity index (χ2v) is 7.24. The van der Waals surface area contributed by atoms with E-state index in [0.717, 1.165) is 5.56 Å². The van der Waals surface area contributed by atoms with Crippen molar-refractivity contribution in [2.75, 3.05) is 5.32 Å². The first-order chi connectivity index (χ1) is 15.0. The van der Waals surface area contributed by atoms with Crippen LogP contribution in [0, 0.1) is 0 Å². The minimum Gasteiger partial charge on any atom is -0.449 e. The molecule has 0 radical (unpaired) electrons. The number of hydrogen-bond acceptors (Lipinski definition) is 5. The summed E-state index contributed by atoms with van der Waals surface area (Å²) in [5, 5.41) is 3.71. The molecule has 0 aliphatic heterocycles. The molecular weight excluding hydrogens is 414 g/mol. The topological polar surface area (TPSA) is 81.2 Å². The van der Waals surface area contributed by atoms with E-state index in [2.05, 4.69) is 15.3 Å². The van der Waals surface area contributed by atoms with Gasteiger partial charge in [-0.1, -0.05) is 41.9 Å². The van der Waals surface area contributed by atoms with Gasteiger partial charge in [0.15, 0.2) is 6.10 Å². The van der Waals surface area contributed by atoms with Crippen LogP contribution in [-0.4, -0.2) is 27.9 Å². The third kappa shape index (κ3) is 4.54. The molecule has 1 atom stereocenters. The Bertz CT molecular complexity index is 1260. The lowest BCUT2D eigenvalue weighted by Gasteiger charge is -2.15. The van der Waals surface area contributed by atoms with Gasteiger partial charge in [0.1, 0.15) is 0 Å². The molecule has 2 aromatic carbocycles. The second-order valence-electron chi connectivity index (χ2n) is 6.83. The van der Waals surface area contributed by atoms with Crippen molar-refractivity contribution in [3.8, 4) is 11.3 Å². The summed E-state index contributed by atoms with van der Waals surface area (Å²) in [5.41, 5.74) is 2.77. The van der Waals surface area contributed by atoms with Crippen molar-refractivity contribution in [3.05, 3.63) is 89.7 Å². The van der Waals surface area contributed by atoms with E-state index in [4.69, 9.17) is 16.3 Å². The van der Waals surface area contributed by atoms with Gasteiger partial charge < -0.3 is 10.1 Å². The van der Waals surface area contributed by atoms with E-state index in [0.29, 0.717) is 32.9 Å². The Labute approximate surface area is 183 Å². The highest BCUT2D eigenvalue weighted by Crippen LogP contribution is 2.26. The average Bonchev–Trinajstić information content (AvgIpc) is 2.80. The third-order valence-electron chi connectivity index (χ3n) is 4.68. The maximum Gasteiger partial charge on any atom is 0.339 e. The number of amides is 1. The maximum atomic E-state index is 13.0. The molecule has 1 N–H and O–H groups in total. The number of hydrogen-bond donors (Lipinski definition) is 1. The smallest absolute Gasteiger partial charge is 0.339 e. The second kappa shape index (κ2) is 8.93. The molecule has 1 amide bonds. The molecule has 0 bridgehead atoms. The molecule has 2 heterocycles. The molecule has 154 valence electrons. The standard InChI is InChI=1S/C24H18ClN3O3/c1-15(23(29)28-21-11-5-3-9-19(21)25)31-24(30)18-13-22(16-7-6-12-26-14-16)27-20-10-4-2-8-17(18)20/h2-15H,1H3,(H,28,29). The Morgan fingerprint density at radius 2 is 1.81 bits per heavy atom. The predicted octanol–water partition coefficient (Wildman–Crippen LogP) is 5.13. The molecule has 0 aliphatic carbocycles. The van der Waals surface area contributed by atoms with E-state index in [9.17, 15) is 9.59 Å². The van der Waals surface area contributed by atoms with Gasteiger partial charge in [-0.2, -0.15) is 0 Å². The fourth-order valence-corrected chi connectivity index (χ4v) is 3.26. The first-order valence-corrected chi connectivity index (χ1v) is 9.97. The fourth-order valence-electron chi connectivity index (χ4n) is 3.08. The number of halogens is 1. The van der Waals surface area contributed by atoms with Crippen molar-refractivity contribution < 1.29 is 14.3 Å². The van der Waals surface area contributed by atoms with E-state index in [-0.39, 0.29) is 0 Å². The summed E-state index contributed by atoms with van der Waals surface area (Å²) in [6.45, 7) is 1.51. The summed E-state index contributed by atoms with van der Waals surface area (Å²) in [7, 11) is 0. The van der Waals surface area contributed by atoms with Crippen molar-refractivity contribution in [2.24, 2.45) is 0 Å². The van der Waals surface area contributed by atoms with Crippen LogP contribution in [-0.2, 0) is 9.53 Å². The number of aromatic nitrogens is 2. The van der Waals surface area contributed by atoms with Crippen LogP contribution in [0.4, 0.5) is 5.69 Å². The number of ether oxygens (including phenoxy) is 1. The number of fused-ring (bicyclic) bond motifs is 1. The minimum absolute atomic E-state index is 0.321. The zero-order chi connectivity index (χ0) is 21.8. The van der Waals surface area contributed by atoms with Gasteiger partial charge in [-0.3, -0.25) is 9.78 Å². The quantitative estimate of drug-likeness (QED) is 0.443. The molecule has 6 nitrogen and oxygen atoms in total. The van der Waals surface area contributed by atoms with Crippen LogP contribution in [0.3, 0.4) is 0 Å². The molecule has 0 fully saturated rings. The van der Waals surface area contributed by atoms with Crippen LogP contribution < -0.4 is 5.32 Å². The molecule has 2 aromatic heterocycles. The molecule has 4 rings (SSSR count). The monoisotopic (exact) mass is 431 g/mol. The van der Waals surface area contributed by atoms with Crippen LogP contribution in [0.25, 0.3) is 22.2 Å². The number of pyridine rings is 2. The maximum absolute atomic E-state index is 13.0. The Kier molecular flexibility index (Phi) is 5.91. The number of benzene rings is 2. The summed E-state index contributed by atoms with van der Waals surface area (Å²) >= 11 is 6.08. The van der Waals surface area contributed by atoms with Crippen LogP contribution in [0.5, 0.6) is 0 Å². The highest BCUT2D eigenvalue weighted by molar-refractivity contribution is 6.33. The van der Waals surface area contributed by atoms with E-state index in [1.54, 1.807) is 54.9 Å². The summed E-state index contributed by atoms with van der Waals surface area (Å²) in [6, 6.07) is 19.4. The van der Waals surface area contributed by atoms with Crippen LogP contribution >= 0.6 is 11.6 Å². The molecule has 31 heavy (non-hydrogen) atoms. The van der Waals surface area contributed by atoms with Crippen molar-refractivity contribution in [1.82, 2.24) is 9.97 Å². The Hall–Kier alpha value is -3.77. The number of esters is 1. The van der Waals surface area contributed by atoms with Gasteiger partial charge >= 0.3 is 5.97 Å². The Morgan fingerprint density at radius 1 is 1.03 bits per heavy atom. The van der Waals surface area contributed by atoms with Crippen LogP contribution in [0.2, 0.25) is 5.02 Å². The number of carbonyl (C=O) groups excluding carboxylic acids is 2. The van der Waals surface area contributed by atoms with Crippen molar-refractivity contribution in [3.63, 3.8) is 0 Å². The van der Waals surface area contributed by atoms with Gasteiger partial charge in [0, 0.05) is 23.3 Å². The first-order valence-electron chi connectivity index (χ1n) is 9.59. The number of nitrogens with one attached hydrogen (secondary N) is 1. The van der Waals surface area contributed by atoms with Crippen LogP contribution in [0.15, 0.2) is 79.1 Å². The molecule has 4 aromatic rings. The van der Waals surface area contributed by atoms with Crippen molar-refractivity contribution in [1.29, 1.82) is 0 Å². The average molecular weight is 432 g/mol. The van der Waals surface area contributed by atoms with Gasteiger partial charge in [-0.05, 0) is 43.3 Å². The van der Waals surface area contributed by atoms with E-state index in [1.807, 2.05) is 24.3 Å². The van der Waals surface area contributed by atoms with E-state index < -0.39 is 18.0 Å². The zero-order valence-corrected chi connectivity index (χ0v) is 17.3. The lowest BCUT2D eigenvalue weighted by molar-refractivity contribution is -0.123. The lowest BCUT2D eigenvalue weighted by atomic mass is 10.0. The van der Waals surface area contributed by atoms with Gasteiger partial charge in [-0.15, -0.1) is 0 Å². The zero-order valence-electron chi connectivity index (χ0n) is 16.6. The Morgan fingerprint density at radius 3 is 2.58 bits per heavy atom. The fraction of sp³-hybridized carbons (Fsp3) is 0.0833. The van der Waals surface area contributed by atoms with Gasteiger partial charge in [0.05, 0.1) is 27.5 Å². The molecule has 0 saturated heterocycles. The number of carbonyl (C=O) groups is 2. The highest BCUT2D eigenvalue weighted by Gasteiger charge is 2.22. The summed E-state index contributed by atoms with van der Waals surface area (Å²) < 4.78 is 5.47. The highest BCUT2D eigenvalue weighted by atomic mass is 35.5. The van der Waals surface area contributed by atoms with Gasteiger partial charge in [0.2, 0.25) is 0 Å². The molecule has 0 aliphatic rings. The van der Waals surface area contributed by atoms with E-state index in [1.165, 1.54) is 6.92 Å². The number of anilines is 1. The third-order valence-corrected chi connectivity index (χ3v) is 5.01. The van der Waals surface area contributed by atoms with Gasteiger partial charge in [0.25, 0.3) is 5.91 Å². The summed E-state index contributed by atoms with van der Waals surface area (Å²) in [4.78, 5) is 34.3. The van der Waals surface area contributed by atoms with E-state index >= 15 is 0 Å². The molecule has 0 spiro atoms. The number of rotatable bonds is 5. The summed E-state index contributed by atoms with van der Waals surface area (Å²) in [6.07, 6.45) is 2.31. The first kappa shape index (κ1) is 20.5. The number of para-hydroxylation sites is 2. The van der Waals surface area contributed by atoms with Crippen LogP contribution in [0.1, 0.15) is 17.3 Å². The normalized spacial score (nSPS) is 11.7. The van der Waals surface area contributed by atoms with Crippen molar-refractivity contribution in [2.45, 2.75) is 13.0 Å². The summed E-state index contributed by atoms with van der Waals surface area (Å²) in [5.74, 6) is -1.10. The lowest BCUT2D eigenvalue weighted by Crippen LogP contribution is -2.30. The molecule has 7 heteroatoms. The molecule has 1 unspecified atom stereocenters. The van der Waals surface area contributed by atoms with Crippen molar-refractivity contribution >= 4 is 40.1 Å². The molecular formula is C24H18ClN3O3. The van der Waals surface area contributed by atoms with Gasteiger partial charge in [-0.25, -0.2) is 9.78 Å².